The molecule has 1 aromatic heterocycles. The lowest BCUT2D eigenvalue weighted by Crippen LogP contribution is -2.05. The Balaban J connectivity index is 2.08. The topological polar surface area (TPSA) is 87.0 Å². The van der Waals surface area contributed by atoms with Gasteiger partial charge in [-0.15, -0.1) is 10.2 Å². The standard InChI is InChI=1S/C17H14ClN3O3/c1-9-7-11(24-2)4-6-13(9)20-21-15-16(22)12-8-10(18)3-5-14(12)19-17(15)23/h3-8H,1-2H3,(H2,19,22,23). The molecule has 0 fully saturated rings. The highest BCUT2D eigenvalue weighted by molar-refractivity contribution is 6.31. The number of aromatic amines is 1. The molecule has 0 amide bonds. The molecule has 0 aliphatic rings. The van der Waals surface area contributed by atoms with Gasteiger partial charge in [-0.25, -0.2) is 0 Å². The molecule has 0 aliphatic heterocycles. The number of fused-ring (bicyclic) bond motifs is 1. The van der Waals surface area contributed by atoms with Gasteiger partial charge in [0.1, 0.15) is 5.75 Å². The molecule has 0 spiro atoms. The Morgan fingerprint density at radius 1 is 1.17 bits per heavy atom. The Morgan fingerprint density at radius 3 is 2.67 bits per heavy atom. The van der Waals surface area contributed by atoms with Gasteiger partial charge in [0.25, 0.3) is 5.56 Å². The van der Waals surface area contributed by atoms with Gasteiger partial charge in [-0.3, -0.25) is 4.79 Å². The van der Waals surface area contributed by atoms with Crippen LogP contribution >= 0.6 is 11.6 Å². The Morgan fingerprint density at radius 2 is 1.96 bits per heavy atom. The van der Waals surface area contributed by atoms with Crippen LogP contribution in [0.1, 0.15) is 5.56 Å². The summed E-state index contributed by atoms with van der Waals surface area (Å²) in [6.45, 7) is 1.85. The van der Waals surface area contributed by atoms with Gasteiger partial charge in [0, 0.05) is 10.4 Å². The predicted octanol–water partition coefficient (Wildman–Crippen LogP) is 4.62. The lowest BCUT2D eigenvalue weighted by molar-refractivity contribution is 0.414. The summed E-state index contributed by atoms with van der Waals surface area (Å²) in [5.74, 6) is 0.443. The molecule has 3 aromatic rings. The van der Waals surface area contributed by atoms with E-state index in [1.165, 1.54) is 0 Å². The summed E-state index contributed by atoms with van der Waals surface area (Å²) >= 11 is 5.94. The number of nitrogens with zero attached hydrogens (tertiary/aromatic N) is 2. The van der Waals surface area contributed by atoms with Crippen molar-refractivity contribution in [1.29, 1.82) is 0 Å². The first kappa shape index (κ1) is 16.0. The number of aryl methyl sites for hydroxylation is 1. The second-order valence-corrected chi connectivity index (χ2v) is 5.63. The van der Waals surface area contributed by atoms with Crippen LogP contribution in [0.3, 0.4) is 0 Å². The molecule has 122 valence electrons. The molecule has 7 heteroatoms. The number of ether oxygens (including phenoxy) is 1. The van der Waals surface area contributed by atoms with Crippen molar-refractivity contribution in [3.63, 3.8) is 0 Å². The maximum atomic E-state index is 12.1. The van der Waals surface area contributed by atoms with Crippen molar-refractivity contribution in [2.75, 3.05) is 7.11 Å². The molecule has 0 saturated carbocycles. The lowest BCUT2D eigenvalue weighted by Gasteiger charge is -2.05. The predicted molar refractivity (Wildman–Crippen MR) is 93.2 cm³/mol. The van der Waals surface area contributed by atoms with E-state index >= 15 is 0 Å². The Bertz CT molecular complexity index is 1010. The summed E-state index contributed by atoms with van der Waals surface area (Å²) in [4.78, 5) is 14.8. The fourth-order valence-corrected chi connectivity index (χ4v) is 2.47. The number of H-pyrrole nitrogens is 1. The highest BCUT2D eigenvalue weighted by Crippen LogP contribution is 2.33. The SMILES string of the molecule is COc1ccc(N=Nc2c(O)c3cc(Cl)ccc3[nH]c2=O)c(C)c1. The van der Waals surface area contributed by atoms with E-state index in [1.807, 2.05) is 6.92 Å². The molecule has 2 N–H and O–H groups in total. The number of hydrogen-bond acceptors (Lipinski definition) is 5. The van der Waals surface area contributed by atoms with Crippen LogP contribution in [0.4, 0.5) is 11.4 Å². The molecule has 3 rings (SSSR count). The molecule has 0 unspecified atom stereocenters. The second-order valence-electron chi connectivity index (χ2n) is 5.19. The summed E-state index contributed by atoms with van der Waals surface area (Å²) in [5.41, 5.74) is 1.18. The molecule has 24 heavy (non-hydrogen) atoms. The molecule has 0 atom stereocenters. The monoisotopic (exact) mass is 343 g/mol. The minimum Gasteiger partial charge on any atom is -0.505 e. The number of pyridine rings is 1. The maximum absolute atomic E-state index is 12.1. The minimum atomic E-state index is -0.530. The van der Waals surface area contributed by atoms with E-state index in [0.717, 1.165) is 5.56 Å². The van der Waals surface area contributed by atoms with Crippen molar-refractivity contribution in [1.82, 2.24) is 4.98 Å². The molecule has 2 aromatic carbocycles. The number of halogens is 1. The largest absolute Gasteiger partial charge is 0.505 e. The minimum absolute atomic E-state index is 0.167. The zero-order valence-electron chi connectivity index (χ0n) is 13.0. The van der Waals surface area contributed by atoms with Crippen molar-refractivity contribution in [3.8, 4) is 11.5 Å². The van der Waals surface area contributed by atoms with Crippen LogP contribution in [-0.2, 0) is 0 Å². The summed E-state index contributed by atoms with van der Waals surface area (Å²) in [5, 5.41) is 19.2. The van der Waals surface area contributed by atoms with Crippen molar-refractivity contribution < 1.29 is 9.84 Å². The summed E-state index contributed by atoms with van der Waals surface area (Å²) in [6.07, 6.45) is 0. The van der Waals surface area contributed by atoms with E-state index < -0.39 is 5.56 Å². The number of nitrogens with one attached hydrogen (secondary N) is 1. The number of aromatic hydroxyl groups is 1. The van der Waals surface area contributed by atoms with Crippen LogP contribution in [0, 0.1) is 6.92 Å². The third-order valence-electron chi connectivity index (χ3n) is 3.59. The fourth-order valence-electron chi connectivity index (χ4n) is 2.30. The van der Waals surface area contributed by atoms with Gasteiger partial charge in [-0.2, -0.15) is 0 Å². The van der Waals surface area contributed by atoms with E-state index in [1.54, 1.807) is 43.5 Å². The van der Waals surface area contributed by atoms with Gasteiger partial charge in [-0.1, -0.05) is 11.6 Å². The van der Waals surface area contributed by atoms with E-state index in [0.29, 0.717) is 27.4 Å². The van der Waals surface area contributed by atoms with E-state index in [9.17, 15) is 9.90 Å². The molecule has 0 bridgehead atoms. The first-order valence-electron chi connectivity index (χ1n) is 7.10. The number of benzene rings is 2. The normalized spacial score (nSPS) is 11.3. The van der Waals surface area contributed by atoms with Crippen LogP contribution in [0.2, 0.25) is 5.02 Å². The molecule has 0 radical (unpaired) electrons. The van der Waals surface area contributed by atoms with E-state index in [4.69, 9.17) is 16.3 Å². The van der Waals surface area contributed by atoms with Gasteiger partial charge >= 0.3 is 0 Å². The number of methoxy groups -OCH3 is 1. The Kier molecular flexibility index (Phi) is 4.22. The number of rotatable bonds is 3. The van der Waals surface area contributed by atoms with E-state index in [-0.39, 0.29) is 11.4 Å². The van der Waals surface area contributed by atoms with E-state index in [2.05, 4.69) is 15.2 Å². The van der Waals surface area contributed by atoms with Crippen molar-refractivity contribution in [3.05, 3.63) is 57.3 Å². The number of aromatic nitrogens is 1. The number of azo groups is 1. The second kappa shape index (κ2) is 6.33. The first-order chi connectivity index (χ1) is 11.5. The molecule has 0 saturated heterocycles. The van der Waals surface area contributed by atoms with Crippen molar-refractivity contribution in [2.45, 2.75) is 6.92 Å². The fraction of sp³-hybridized carbons (Fsp3) is 0.118. The van der Waals surface area contributed by atoms with Crippen molar-refractivity contribution >= 4 is 33.9 Å². The summed E-state index contributed by atoms with van der Waals surface area (Å²) in [6, 6.07) is 10.1. The molecule has 0 aliphatic carbocycles. The van der Waals surface area contributed by atoms with Gasteiger partial charge in [-0.05, 0) is 48.9 Å². The van der Waals surface area contributed by atoms with Crippen molar-refractivity contribution in [2.24, 2.45) is 10.2 Å². The maximum Gasteiger partial charge on any atom is 0.280 e. The van der Waals surface area contributed by atoms with Gasteiger partial charge < -0.3 is 14.8 Å². The zero-order valence-corrected chi connectivity index (χ0v) is 13.8. The third kappa shape index (κ3) is 2.96. The smallest absolute Gasteiger partial charge is 0.280 e. The number of hydrogen-bond donors (Lipinski definition) is 2. The average Bonchev–Trinajstić information content (AvgIpc) is 2.56. The molecule has 6 nitrogen and oxygen atoms in total. The highest BCUT2D eigenvalue weighted by Gasteiger charge is 2.12. The molecule has 1 heterocycles. The van der Waals surface area contributed by atoms with Crippen LogP contribution in [0.15, 0.2) is 51.4 Å². The highest BCUT2D eigenvalue weighted by atomic mass is 35.5. The molecular formula is C17H14ClN3O3. The van der Waals surface area contributed by atoms with Gasteiger partial charge in [0.05, 0.1) is 18.3 Å². The third-order valence-corrected chi connectivity index (χ3v) is 3.82. The van der Waals surface area contributed by atoms with Crippen LogP contribution in [-0.4, -0.2) is 17.2 Å². The quantitative estimate of drug-likeness (QED) is 0.680. The first-order valence-corrected chi connectivity index (χ1v) is 7.48. The van der Waals surface area contributed by atoms with Crippen LogP contribution < -0.4 is 10.3 Å². The van der Waals surface area contributed by atoms with Gasteiger partial charge in [0.2, 0.25) is 0 Å². The van der Waals surface area contributed by atoms with Crippen LogP contribution in [0.5, 0.6) is 11.5 Å². The van der Waals surface area contributed by atoms with Gasteiger partial charge in [0.15, 0.2) is 11.4 Å². The zero-order chi connectivity index (χ0) is 17.3. The molecular weight excluding hydrogens is 330 g/mol. The summed E-state index contributed by atoms with van der Waals surface area (Å²) in [7, 11) is 1.58. The Hall–Kier alpha value is -2.86. The lowest BCUT2D eigenvalue weighted by atomic mass is 10.2. The Labute approximate surface area is 142 Å². The van der Waals surface area contributed by atoms with Crippen LogP contribution in [0.25, 0.3) is 10.9 Å². The average molecular weight is 344 g/mol. The summed E-state index contributed by atoms with van der Waals surface area (Å²) < 4.78 is 5.13.